The first-order valence-electron chi connectivity index (χ1n) is 9.42. The minimum atomic E-state index is -0.0779. The third-order valence-corrected chi connectivity index (χ3v) is 5.04. The third kappa shape index (κ3) is 4.42. The van der Waals surface area contributed by atoms with Crippen LogP contribution in [-0.2, 0) is 4.79 Å². The predicted octanol–water partition coefficient (Wildman–Crippen LogP) is 2.22. The van der Waals surface area contributed by atoms with Gasteiger partial charge in [-0.1, -0.05) is 6.07 Å². The molecule has 7 nitrogen and oxygen atoms in total. The number of nitrogens with one attached hydrogen (secondary N) is 2. The van der Waals surface area contributed by atoms with Crippen molar-refractivity contribution in [2.45, 2.75) is 31.7 Å². The Bertz CT molecular complexity index is 814. The molecule has 1 saturated carbocycles. The third-order valence-electron chi connectivity index (χ3n) is 5.04. The standard InChI is InChI=1S/C20H23N5O2/c26-19(14-6-10-25(11-7-14)18-13-21-8-9-22-18)24-17-3-1-2-15(12-17)20(27)23-16-4-5-16/h1-3,8-9,12-14,16H,4-7,10-11H2,(H,23,27)(H,24,26). The fraction of sp³-hybridized carbons (Fsp3) is 0.400. The maximum atomic E-state index is 12.6. The number of aromatic nitrogens is 2. The van der Waals surface area contributed by atoms with Crippen molar-refractivity contribution < 1.29 is 9.59 Å². The second kappa shape index (κ2) is 7.73. The van der Waals surface area contributed by atoms with Gasteiger partial charge < -0.3 is 15.5 Å². The molecule has 1 aliphatic heterocycles. The molecule has 2 aromatic rings. The summed E-state index contributed by atoms with van der Waals surface area (Å²) in [4.78, 5) is 35.4. The number of carbonyl (C=O) groups excluding carboxylic acids is 2. The molecular weight excluding hydrogens is 342 g/mol. The van der Waals surface area contributed by atoms with Gasteiger partial charge in [-0.15, -0.1) is 0 Å². The molecule has 0 spiro atoms. The van der Waals surface area contributed by atoms with Crippen LogP contribution in [0.15, 0.2) is 42.9 Å². The van der Waals surface area contributed by atoms with Gasteiger partial charge in [0.1, 0.15) is 5.82 Å². The second-order valence-corrected chi connectivity index (χ2v) is 7.14. The number of nitrogens with zero attached hydrogens (tertiary/aromatic N) is 3. The first kappa shape index (κ1) is 17.5. The van der Waals surface area contributed by atoms with Gasteiger partial charge in [-0.2, -0.15) is 0 Å². The molecule has 1 saturated heterocycles. The molecule has 0 bridgehead atoms. The molecule has 2 fully saturated rings. The largest absolute Gasteiger partial charge is 0.355 e. The monoisotopic (exact) mass is 365 g/mol. The number of benzene rings is 1. The summed E-state index contributed by atoms with van der Waals surface area (Å²) in [5.74, 6) is 0.743. The van der Waals surface area contributed by atoms with Crippen LogP contribution in [0.5, 0.6) is 0 Å². The molecule has 7 heteroatoms. The lowest BCUT2D eigenvalue weighted by atomic mass is 9.96. The topological polar surface area (TPSA) is 87.2 Å². The smallest absolute Gasteiger partial charge is 0.251 e. The summed E-state index contributed by atoms with van der Waals surface area (Å²) in [7, 11) is 0. The molecule has 2 aliphatic rings. The van der Waals surface area contributed by atoms with Crippen LogP contribution in [0.1, 0.15) is 36.0 Å². The Morgan fingerprint density at radius 2 is 1.89 bits per heavy atom. The van der Waals surface area contributed by atoms with Crippen LogP contribution in [0.4, 0.5) is 11.5 Å². The van der Waals surface area contributed by atoms with Gasteiger partial charge in [-0.25, -0.2) is 4.98 Å². The first-order chi connectivity index (χ1) is 13.2. The van der Waals surface area contributed by atoms with Crippen molar-refractivity contribution in [3.8, 4) is 0 Å². The Morgan fingerprint density at radius 1 is 1.07 bits per heavy atom. The quantitative estimate of drug-likeness (QED) is 0.848. The second-order valence-electron chi connectivity index (χ2n) is 7.14. The average Bonchev–Trinajstić information content (AvgIpc) is 3.53. The van der Waals surface area contributed by atoms with Crippen molar-refractivity contribution >= 4 is 23.3 Å². The summed E-state index contributed by atoms with van der Waals surface area (Å²) in [6.07, 6.45) is 8.72. The Balaban J connectivity index is 1.32. The summed E-state index contributed by atoms with van der Waals surface area (Å²) in [5, 5.41) is 5.93. The van der Waals surface area contributed by atoms with Gasteiger partial charge in [-0.05, 0) is 43.9 Å². The highest BCUT2D eigenvalue weighted by Crippen LogP contribution is 2.23. The minimum Gasteiger partial charge on any atom is -0.355 e. The summed E-state index contributed by atoms with van der Waals surface area (Å²) >= 11 is 0. The van der Waals surface area contributed by atoms with Crippen LogP contribution in [0, 0.1) is 5.92 Å². The number of carbonyl (C=O) groups is 2. The molecular formula is C20H23N5O2. The maximum absolute atomic E-state index is 12.6. The molecule has 0 radical (unpaired) electrons. The lowest BCUT2D eigenvalue weighted by molar-refractivity contribution is -0.120. The van der Waals surface area contributed by atoms with Crippen molar-refractivity contribution in [2.24, 2.45) is 5.92 Å². The molecule has 0 atom stereocenters. The van der Waals surface area contributed by atoms with E-state index in [0.717, 1.165) is 44.6 Å². The summed E-state index contributed by atoms with van der Waals surface area (Å²) in [6, 6.07) is 7.45. The summed E-state index contributed by atoms with van der Waals surface area (Å²) in [6.45, 7) is 1.56. The van der Waals surface area contributed by atoms with Gasteiger partial charge in [0.25, 0.3) is 5.91 Å². The van der Waals surface area contributed by atoms with E-state index in [2.05, 4.69) is 25.5 Å². The molecule has 1 aromatic heterocycles. The lowest BCUT2D eigenvalue weighted by Gasteiger charge is -2.31. The number of piperidine rings is 1. The number of amides is 2. The van der Waals surface area contributed by atoms with E-state index in [1.807, 2.05) is 6.07 Å². The molecule has 2 N–H and O–H groups in total. The van der Waals surface area contributed by atoms with Gasteiger partial charge >= 0.3 is 0 Å². The van der Waals surface area contributed by atoms with E-state index >= 15 is 0 Å². The number of hydrogen-bond donors (Lipinski definition) is 2. The molecule has 0 unspecified atom stereocenters. The summed E-state index contributed by atoms with van der Waals surface area (Å²) < 4.78 is 0. The highest BCUT2D eigenvalue weighted by atomic mass is 16.2. The van der Waals surface area contributed by atoms with Crippen LogP contribution in [0.3, 0.4) is 0 Å². The number of hydrogen-bond acceptors (Lipinski definition) is 5. The van der Waals surface area contributed by atoms with E-state index in [0.29, 0.717) is 17.3 Å². The van der Waals surface area contributed by atoms with Crippen molar-refractivity contribution in [1.29, 1.82) is 0 Å². The van der Waals surface area contributed by atoms with Crippen molar-refractivity contribution in [3.05, 3.63) is 48.4 Å². The molecule has 4 rings (SSSR count). The highest BCUT2D eigenvalue weighted by Gasteiger charge is 2.26. The fourth-order valence-corrected chi connectivity index (χ4v) is 3.30. The number of rotatable bonds is 5. The van der Waals surface area contributed by atoms with Crippen LogP contribution in [-0.4, -0.2) is 40.9 Å². The van der Waals surface area contributed by atoms with Crippen molar-refractivity contribution in [3.63, 3.8) is 0 Å². The van der Waals surface area contributed by atoms with E-state index < -0.39 is 0 Å². The molecule has 27 heavy (non-hydrogen) atoms. The van der Waals surface area contributed by atoms with Crippen LogP contribution in [0.2, 0.25) is 0 Å². The SMILES string of the molecule is O=C(NC1CC1)c1cccc(NC(=O)C2CCN(c3cnccn3)CC2)c1. The van der Waals surface area contributed by atoms with Gasteiger partial charge in [0.15, 0.2) is 0 Å². The van der Waals surface area contributed by atoms with Crippen molar-refractivity contribution in [1.82, 2.24) is 15.3 Å². The van der Waals surface area contributed by atoms with Crippen LogP contribution in [0.25, 0.3) is 0 Å². The first-order valence-corrected chi connectivity index (χ1v) is 9.42. The van der Waals surface area contributed by atoms with Crippen LogP contribution >= 0.6 is 0 Å². The predicted molar refractivity (Wildman–Crippen MR) is 103 cm³/mol. The Kier molecular flexibility index (Phi) is 5.00. The average molecular weight is 365 g/mol. The Labute approximate surface area is 158 Å². The zero-order valence-corrected chi connectivity index (χ0v) is 15.1. The van der Waals surface area contributed by atoms with Gasteiger partial charge in [0.2, 0.25) is 5.91 Å². The molecule has 2 amide bonds. The van der Waals surface area contributed by atoms with Crippen LogP contribution < -0.4 is 15.5 Å². The zero-order chi connectivity index (χ0) is 18.6. The molecule has 2 heterocycles. The van der Waals surface area contributed by atoms with Gasteiger partial charge in [-0.3, -0.25) is 14.6 Å². The zero-order valence-electron chi connectivity index (χ0n) is 15.1. The fourth-order valence-electron chi connectivity index (χ4n) is 3.30. The normalized spacial score (nSPS) is 17.4. The van der Waals surface area contributed by atoms with Crippen molar-refractivity contribution in [2.75, 3.05) is 23.3 Å². The van der Waals surface area contributed by atoms with Gasteiger partial charge in [0, 0.05) is 48.7 Å². The van der Waals surface area contributed by atoms with E-state index in [4.69, 9.17) is 0 Å². The number of anilines is 2. The van der Waals surface area contributed by atoms with E-state index in [1.165, 1.54) is 0 Å². The molecule has 140 valence electrons. The molecule has 1 aromatic carbocycles. The van der Waals surface area contributed by atoms with E-state index in [9.17, 15) is 9.59 Å². The Hall–Kier alpha value is -2.96. The summed E-state index contributed by atoms with van der Waals surface area (Å²) in [5.41, 5.74) is 1.25. The lowest BCUT2D eigenvalue weighted by Crippen LogP contribution is -2.38. The molecule has 1 aliphatic carbocycles. The minimum absolute atomic E-state index is 0.00791. The van der Waals surface area contributed by atoms with Gasteiger partial charge in [0.05, 0.1) is 6.20 Å². The van der Waals surface area contributed by atoms with E-state index in [1.54, 1.807) is 36.8 Å². The van der Waals surface area contributed by atoms with E-state index in [-0.39, 0.29) is 17.7 Å². The Morgan fingerprint density at radius 3 is 2.59 bits per heavy atom. The highest BCUT2D eigenvalue weighted by molar-refractivity contribution is 5.98. The maximum Gasteiger partial charge on any atom is 0.251 e.